The van der Waals surface area contributed by atoms with E-state index in [0.29, 0.717) is 5.76 Å². The van der Waals surface area contributed by atoms with Gasteiger partial charge in [-0.3, -0.25) is 9.59 Å². The maximum atomic E-state index is 12.6. The number of H-pyrrole nitrogens is 1. The molecule has 2 heterocycles. The Balaban J connectivity index is 2.02. The molecule has 1 aliphatic rings. The van der Waals surface area contributed by atoms with Crippen molar-refractivity contribution in [3.8, 4) is 0 Å². The van der Waals surface area contributed by atoms with Gasteiger partial charge in [0.05, 0.1) is 24.0 Å². The summed E-state index contributed by atoms with van der Waals surface area (Å²) < 4.78 is 5.38. The van der Waals surface area contributed by atoms with Gasteiger partial charge in [0.1, 0.15) is 11.1 Å². The van der Waals surface area contributed by atoms with Crippen molar-refractivity contribution in [3.63, 3.8) is 0 Å². The summed E-state index contributed by atoms with van der Waals surface area (Å²) in [5.74, 6) is -0.0570. The number of amides is 1. The minimum atomic E-state index is -0.595. The summed E-state index contributed by atoms with van der Waals surface area (Å²) in [4.78, 5) is 30.8. The zero-order chi connectivity index (χ0) is 15.0. The third-order valence-corrected chi connectivity index (χ3v) is 4.14. The largest absolute Gasteiger partial charge is 0.442 e. The lowest BCUT2D eigenvalue weighted by Gasteiger charge is -2.27. The Hall–Kier alpha value is -2.15. The Morgan fingerprint density at radius 1 is 1.52 bits per heavy atom. The molecule has 2 aromatic rings. The second-order valence-electron chi connectivity index (χ2n) is 5.54. The van der Waals surface area contributed by atoms with Crippen LogP contribution in [0, 0.1) is 6.92 Å². The molecule has 112 valence electrons. The fraction of sp³-hybridized carbons (Fsp3) is 0.500. The Kier molecular flexibility index (Phi) is 3.29. The summed E-state index contributed by atoms with van der Waals surface area (Å²) in [6.07, 6.45) is 4.64. The predicted molar refractivity (Wildman–Crippen MR) is 75.1 cm³/mol. The Labute approximate surface area is 120 Å². The van der Waals surface area contributed by atoms with Gasteiger partial charge in [-0.15, -0.1) is 0 Å². The van der Waals surface area contributed by atoms with Crippen molar-refractivity contribution < 1.29 is 14.3 Å². The summed E-state index contributed by atoms with van der Waals surface area (Å²) >= 11 is 0. The fourth-order valence-electron chi connectivity index (χ4n) is 3.00. The van der Waals surface area contributed by atoms with E-state index in [2.05, 4.69) is 15.3 Å². The van der Waals surface area contributed by atoms with Crippen LogP contribution in [0.3, 0.4) is 0 Å². The van der Waals surface area contributed by atoms with Crippen LogP contribution in [-0.2, 0) is 0 Å². The molecule has 1 aliphatic carbocycles. The van der Waals surface area contributed by atoms with Crippen molar-refractivity contribution in [2.24, 2.45) is 0 Å². The van der Waals surface area contributed by atoms with Gasteiger partial charge in [-0.25, -0.2) is 4.98 Å². The first-order valence-electron chi connectivity index (χ1n) is 6.96. The molecule has 7 nitrogen and oxygen atoms in total. The zero-order valence-electron chi connectivity index (χ0n) is 11.7. The highest BCUT2D eigenvalue weighted by atomic mass is 16.3. The molecule has 1 saturated carbocycles. The van der Waals surface area contributed by atoms with E-state index in [1.54, 1.807) is 6.92 Å². The van der Waals surface area contributed by atoms with E-state index in [-0.39, 0.29) is 23.3 Å². The first-order valence-corrected chi connectivity index (χ1v) is 6.96. The van der Waals surface area contributed by atoms with Gasteiger partial charge in [-0.05, 0) is 19.8 Å². The molecule has 0 unspecified atom stereocenters. The number of aromatic amines is 1. The molecule has 7 heteroatoms. The van der Waals surface area contributed by atoms with Crippen LogP contribution in [0.4, 0.5) is 0 Å². The number of furan rings is 1. The molecule has 0 aliphatic heterocycles. The lowest BCUT2D eigenvalue weighted by Crippen LogP contribution is -2.49. The number of nitrogens with one attached hydrogen (secondary N) is 2. The number of rotatable bonds is 3. The van der Waals surface area contributed by atoms with Crippen LogP contribution in [0.15, 0.2) is 15.5 Å². The van der Waals surface area contributed by atoms with Gasteiger partial charge in [-0.2, -0.15) is 0 Å². The molecular weight excluding hydrogens is 274 g/mol. The molecule has 3 rings (SSSR count). The van der Waals surface area contributed by atoms with E-state index < -0.39 is 17.0 Å². The Morgan fingerprint density at radius 2 is 2.24 bits per heavy atom. The van der Waals surface area contributed by atoms with Crippen molar-refractivity contribution in [3.05, 3.63) is 28.0 Å². The molecule has 0 saturated heterocycles. The van der Waals surface area contributed by atoms with E-state index in [1.165, 1.54) is 6.33 Å². The average Bonchev–Trinajstić information content (AvgIpc) is 3.04. The molecule has 0 radical (unpaired) electrons. The molecule has 0 atom stereocenters. The molecule has 0 spiro atoms. The van der Waals surface area contributed by atoms with E-state index in [9.17, 15) is 14.7 Å². The average molecular weight is 291 g/mol. The summed E-state index contributed by atoms with van der Waals surface area (Å²) in [5.41, 5.74) is -0.668. The second-order valence-corrected chi connectivity index (χ2v) is 5.54. The number of carbonyl (C=O) groups is 1. The number of fused-ring (bicyclic) bond motifs is 1. The van der Waals surface area contributed by atoms with Crippen LogP contribution >= 0.6 is 0 Å². The highest BCUT2D eigenvalue weighted by molar-refractivity contribution is 6.06. The quantitative estimate of drug-likeness (QED) is 0.777. The molecular formula is C14H17N3O4. The monoisotopic (exact) mass is 291 g/mol. The van der Waals surface area contributed by atoms with Crippen molar-refractivity contribution in [2.45, 2.75) is 38.1 Å². The number of carbonyl (C=O) groups excluding carboxylic acids is 1. The molecule has 0 bridgehead atoms. The third kappa shape index (κ3) is 2.23. The first-order chi connectivity index (χ1) is 10.1. The molecule has 3 N–H and O–H groups in total. The van der Waals surface area contributed by atoms with Crippen LogP contribution in [0.1, 0.15) is 41.8 Å². The second kappa shape index (κ2) is 5.00. The number of aromatic nitrogens is 2. The number of aliphatic hydroxyl groups is 1. The van der Waals surface area contributed by atoms with Gasteiger partial charge in [0.25, 0.3) is 11.5 Å². The molecule has 1 amide bonds. The van der Waals surface area contributed by atoms with Crippen molar-refractivity contribution in [1.29, 1.82) is 0 Å². The number of nitrogens with zero attached hydrogens (tertiary/aromatic N) is 1. The number of aliphatic hydroxyl groups excluding tert-OH is 1. The normalized spacial score (nSPS) is 17.2. The molecule has 0 aromatic carbocycles. The minimum absolute atomic E-state index is 0.109. The standard InChI is InChI=1S/C14H17N3O4/c1-8-9(10-11(19)15-7-16-13(10)21-8)12(20)17-14(6-18)4-2-3-5-14/h7,18H,2-6H2,1H3,(H,17,20)(H,15,16,19). The predicted octanol–water partition coefficient (Wildman–Crippen LogP) is 0.859. The van der Waals surface area contributed by atoms with Crippen molar-refractivity contribution in [2.75, 3.05) is 6.61 Å². The fourth-order valence-corrected chi connectivity index (χ4v) is 3.00. The molecule has 2 aromatic heterocycles. The van der Waals surface area contributed by atoms with Crippen molar-refractivity contribution >= 4 is 17.0 Å². The van der Waals surface area contributed by atoms with Gasteiger partial charge in [0.15, 0.2) is 0 Å². The highest BCUT2D eigenvalue weighted by Gasteiger charge is 2.36. The Bertz CT molecular complexity index is 740. The maximum absolute atomic E-state index is 12.6. The van der Waals surface area contributed by atoms with Crippen LogP contribution in [0.25, 0.3) is 11.1 Å². The van der Waals surface area contributed by atoms with Crippen LogP contribution in [-0.4, -0.2) is 33.1 Å². The molecule has 21 heavy (non-hydrogen) atoms. The summed E-state index contributed by atoms with van der Waals surface area (Å²) in [6.45, 7) is 1.51. The van der Waals surface area contributed by atoms with Gasteiger partial charge in [-0.1, -0.05) is 12.8 Å². The highest BCUT2D eigenvalue weighted by Crippen LogP contribution is 2.30. The van der Waals surface area contributed by atoms with E-state index in [1.807, 2.05) is 0 Å². The number of aryl methyl sites for hydroxylation is 1. The summed E-state index contributed by atoms with van der Waals surface area (Å²) in [5, 5.41) is 12.6. The zero-order valence-corrected chi connectivity index (χ0v) is 11.7. The third-order valence-electron chi connectivity index (χ3n) is 4.14. The maximum Gasteiger partial charge on any atom is 0.262 e. The SMILES string of the molecule is Cc1oc2nc[nH]c(=O)c2c1C(=O)NC1(CO)CCCC1. The van der Waals surface area contributed by atoms with Gasteiger partial charge in [0.2, 0.25) is 5.71 Å². The minimum Gasteiger partial charge on any atom is -0.442 e. The van der Waals surface area contributed by atoms with E-state index >= 15 is 0 Å². The van der Waals surface area contributed by atoms with Crippen LogP contribution in [0.5, 0.6) is 0 Å². The smallest absolute Gasteiger partial charge is 0.262 e. The van der Waals surface area contributed by atoms with E-state index in [0.717, 1.165) is 25.7 Å². The summed E-state index contributed by atoms with van der Waals surface area (Å²) in [6, 6.07) is 0. The van der Waals surface area contributed by atoms with Gasteiger partial charge < -0.3 is 19.8 Å². The lowest BCUT2D eigenvalue weighted by atomic mass is 9.98. The van der Waals surface area contributed by atoms with Crippen LogP contribution < -0.4 is 10.9 Å². The summed E-state index contributed by atoms with van der Waals surface area (Å²) in [7, 11) is 0. The van der Waals surface area contributed by atoms with Crippen molar-refractivity contribution in [1.82, 2.24) is 15.3 Å². The lowest BCUT2D eigenvalue weighted by molar-refractivity contribution is 0.0838. The number of hydrogen-bond donors (Lipinski definition) is 3. The van der Waals surface area contributed by atoms with E-state index in [4.69, 9.17) is 4.42 Å². The Morgan fingerprint density at radius 3 is 2.90 bits per heavy atom. The van der Waals surface area contributed by atoms with Gasteiger partial charge >= 0.3 is 0 Å². The first kappa shape index (κ1) is 13.8. The number of hydrogen-bond acceptors (Lipinski definition) is 5. The van der Waals surface area contributed by atoms with Gasteiger partial charge in [0, 0.05) is 0 Å². The van der Waals surface area contributed by atoms with Crippen LogP contribution in [0.2, 0.25) is 0 Å². The molecule has 1 fully saturated rings. The topological polar surface area (TPSA) is 108 Å².